The molecule has 2 N–H and O–H groups in total. The van der Waals surface area contributed by atoms with Crippen molar-refractivity contribution in [2.24, 2.45) is 16.3 Å². The molecule has 154 valence electrons. The van der Waals surface area contributed by atoms with Crippen LogP contribution in [0.5, 0.6) is 0 Å². The smallest absolute Gasteiger partial charge is 0.225 e. The third-order valence-corrected chi connectivity index (χ3v) is 5.05. The Labute approximate surface area is 162 Å². The average Bonchev–Trinajstić information content (AvgIpc) is 2.67. The lowest BCUT2D eigenvalue weighted by molar-refractivity contribution is -0.140. The summed E-state index contributed by atoms with van der Waals surface area (Å²) < 4.78 is 5.33. The summed E-state index contributed by atoms with van der Waals surface area (Å²) in [5.41, 5.74) is -0.378. The Kier molecular flexibility index (Phi) is 7.89. The highest BCUT2D eigenvalue weighted by Crippen LogP contribution is 2.20. The van der Waals surface area contributed by atoms with E-state index in [0.29, 0.717) is 39.4 Å². The van der Waals surface area contributed by atoms with Gasteiger partial charge in [-0.05, 0) is 12.8 Å². The minimum atomic E-state index is -0.378. The second-order valence-electron chi connectivity index (χ2n) is 8.18. The molecule has 0 aromatic rings. The van der Waals surface area contributed by atoms with E-state index < -0.39 is 0 Å². The fraction of sp³-hybridized carbons (Fsp3) is 0.842. The summed E-state index contributed by atoms with van der Waals surface area (Å²) in [6, 6.07) is 0. The van der Waals surface area contributed by atoms with E-state index >= 15 is 0 Å². The van der Waals surface area contributed by atoms with Crippen LogP contribution in [0.15, 0.2) is 4.99 Å². The second kappa shape index (κ2) is 9.92. The number of ether oxygens (including phenoxy) is 1. The number of nitrogens with one attached hydrogen (secondary N) is 2. The number of hydrogen-bond donors (Lipinski definition) is 2. The molecule has 2 rings (SSSR count). The van der Waals surface area contributed by atoms with Gasteiger partial charge in [0.25, 0.3) is 0 Å². The Morgan fingerprint density at radius 1 is 1.00 bits per heavy atom. The number of aliphatic imine (C=N–C) groups is 1. The highest BCUT2D eigenvalue weighted by molar-refractivity contribution is 5.82. The number of rotatable bonds is 4. The number of piperidine rings is 1. The third kappa shape index (κ3) is 6.37. The third-order valence-electron chi connectivity index (χ3n) is 5.05. The molecule has 2 heterocycles. The van der Waals surface area contributed by atoms with E-state index in [2.05, 4.69) is 20.5 Å². The molecule has 0 aliphatic carbocycles. The molecule has 2 saturated heterocycles. The Balaban J connectivity index is 1.71. The maximum Gasteiger partial charge on any atom is 0.225 e. The van der Waals surface area contributed by atoms with E-state index in [0.717, 1.165) is 31.9 Å². The summed E-state index contributed by atoms with van der Waals surface area (Å²) in [6.45, 7) is 11.2. The molecule has 0 aromatic heterocycles. The van der Waals surface area contributed by atoms with Crippen LogP contribution < -0.4 is 10.6 Å². The zero-order valence-electron chi connectivity index (χ0n) is 17.2. The van der Waals surface area contributed by atoms with E-state index in [1.807, 2.05) is 25.7 Å². The minimum Gasteiger partial charge on any atom is -0.378 e. The maximum absolute atomic E-state index is 12.6. The number of nitrogens with zero attached hydrogens (tertiary/aromatic N) is 3. The number of hydrogen-bond acceptors (Lipinski definition) is 4. The molecule has 8 nitrogen and oxygen atoms in total. The van der Waals surface area contributed by atoms with Gasteiger partial charge in [-0.3, -0.25) is 14.6 Å². The highest BCUT2D eigenvalue weighted by atomic mass is 16.5. The Hall–Kier alpha value is -1.83. The first-order valence-corrected chi connectivity index (χ1v) is 9.93. The summed E-state index contributed by atoms with van der Waals surface area (Å²) in [5.74, 6) is 1.24. The monoisotopic (exact) mass is 381 g/mol. The second-order valence-corrected chi connectivity index (χ2v) is 8.18. The molecule has 2 fully saturated rings. The number of guanidine groups is 1. The van der Waals surface area contributed by atoms with E-state index in [9.17, 15) is 9.59 Å². The van der Waals surface area contributed by atoms with Gasteiger partial charge in [0.1, 0.15) is 0 Å². The van der Waals surface area contributed by atoms with Crippen molar-refractivity contribution in [3.63, 3.8) is 0 Å². The highest BCUT2D eigenvalue weighted by Gasteiger charge is 2.30. The lowest BCUT2D eigenvalue weighted by atomic mass is 9.95. The molecule has 0 bridgehead atoms. The molecule has 2 aliphatic rings. The van der Waals surface area contributed by atoms with Crippen LogP contribution >= 0.6 is 0 Å². The fourth-order valence-corrected chi connectivity index (χ4v) is 3.33. The first-order valence-electron chi connectivity index (χ1n) is 9.93. The molecule has 0 aromatic carbocycles. The average molecular weight is 382 g/mol. The number of morpholine rings is 1. The van der Waals surface area contributed by atoms with Crippen molar-refractivity contribution in [3.05, 3.63) is 0 Å². The first-order chi connectivity index (χ1) is 12.8. The van der Waals surface area contributed by atoms with Crippen LogP contribution in [0.4, 0.5) is 0 Å². The summed E-state index contributed by atoms with van der Waals surface area (Å²) in [4.78, 5) is 33.0. The predicted octanol–water partition coefficient (Wildman–Crippen LogP) is 0.295. The maximum atomic E-state index is 12.6. The summed E-state index contributed by atoms with van der Waals surface area (Å²) in [5, 5.41) is 6.23. The largest absolute Gasteiger partial charge is 0.378 e. The van der Waals surface area contributed by atoms with Crippen LogP contribution in [0.25, 0.3) is 0 Å². The van der Waals surface area contributed by atoms with Crippen molar-refractivity contribution in [2.45, 2.75) is 33.6 Å². The zero-order valence-corrected chi connectivity index (χ0v) is 17.2. The van der Waals surface area contributed by atoms with Gasteiger partial charge in [-0.2, -0.15) is 0 Å². The predicted molar refractivity (Wildman–Crippen MR) is 106 cm³/mol. The molecule has 0 atom stereocenters. The molecule has 0 unspecified atom stereocenters. The number of carbonyl (C=O) groups is 2. The molecule has 2 amide bonds. The van der Waals surface area contributed by atoms with Crippen LogP contribution in [0.3, 0.4) is 0 Å². The van der Waals surface area contributed by atoms with Gasteiger partial charge in [-0.15, -0.1) is 0 Å². The topological polar surface area (TPSA) is 86.3 Å². The Morgan fingerprint density at radius 2 is 1.59 bits per heavy atom. The fourth-order valence-electron chi connectivity index (χ4n) is 3.33. The number of amides is 2. The van der Waals surface area contributed by atoms with Crippen molar-refractivity contribution in [1.29, 1.82) is 0 Å². The lowest BCUT2D eigenvalue weighted by Gasteiger charge is -2.36. The Morgan fingerprint density at radius 3 is 2.15 bits per heavy atom. The van der Waals surface area contributed by atoms with Crippen LogP contribution in [0.2, 0.25) is 0 Å². The molecule has 27 heavy (non-hydrogen) atoms. The van der Waals surface area contributed by atoms with Crippen molar-refractivity contribution < 1.29 is 14.3 Å². The van der Waals surface area contributed by atoms with Crippen molar-refractivity contribution in [2.75, 3.05) is 59.5 Å². The van der Waals surface area contributed by atoms with Crippen LogP contribution in [-0.2, 0) is 14.3 Å². The summed E-state index contributed by atoms with van der Waals surface area (Å²) in [6.07, 6.45) is 1.69. The quantitative estimate of drug-likeness (QED) is 0.415. The summed E-state index contributed by atoms with van der Waals surface area (Å²) in [7, 11) is 1.76. The number of likely N-dealkylation sites (tertiary alicyclic amines) is 1. The molecule has 0 saturated carbocycles. The Bertz CT molecular complexity index is 530. The lowest BCUT2D eigenvalue weighted by Crippen LogP contribution is -2.50. The minimum absolute atomic E-state index is 0.0433. The molecule has 0 spiro atoms. The van der Waals surface area contributed by atoms with Crippen LogP contribution in [0, 0.1) is 11.3 Å². The van der Waals surface area contributed by atoms with Crippen LogP contribution in [-0.4, -0.2) is 87.1 Å². The molecular weight excluding hydrogens is 346 g/mol. The van der Waals surface area contributed by atoms with Gasteiger partial charge in [0.2, 0.25) is 11.8 Å². The molecular formula is C19H35N5O3. The van der Waals surface area contributed by atoms with Gasteiger partial charge in [-0.1, -0.05) is 20.8 Å². The molecule has 8 heteroatoms. The van der Waals surface area contributed by atoms with Gasteiger partial charge in [-0.25, -0.2) is 0 Å². The van der Waals surface area contributed by atoms with E-state index in [1.165, 1.54) is 0 Å². The van der Waals surface area contributed by atoms with Crippen molar-refractivity contribution in [1.82, 2.24) is 20.4 Å². The molecule has 0 radical (unpaired) electrons. The van der Waals surface area contributed by atoms with E-state index in [4.69, 9.17) is 4.74 Å². The summed E-state index contributed by atoms with van der Waals surface area (Å²) >= 11 is 0. The van der Waals surface area contributed by atoms with Crippen molar-refractivity contribution >= 4 is 17.8 Å². The van der Waals surface area contributed by atoms with Gasteiger partial charge >= 0.3 is 0 Å². The SMILES string of the molecule is CN=C(NCCNC(=O)C(C)(C)C)N1CCC(C(=O)N2CCOCC2)CC1. The van der Waals surface area contributed by atoms with Gasteiger partial charge < -0.3 is 25.2 Å². The van der Waals surface area contributed by atoms with E-state index in [-0.39, 0.29) is 23.1 Å². The number of carbonyl (C=O) groups excluding carboxylic acids is 2. The van der Waals surface area contributed by atoms with Gasteiger partial charge in [0, 0.05) is 57.6 Å². The van der Waals surface area contributed by atoms with Gasteiger partial charge in [0.05, 0.1) is 13.2 Å². The van der Waals surface area contributed by atoms with E-state index in [1.54, 1.807) is 7.05 Å². The normalized spacial score (nSPS) is 19.8. The standard InChI is InChI=1S/C19H35N5O3/c1-19(2,3)17(26)21-7-8-22-18(20-4)24-9-5-15(6-10-24)16(25)23-11-13-27-14-12-23/h15H,5-14H2,1-4H3,(H,20,22)(H,21,26). The van der Waals surface area contributed by atoms with Crippen LogP contribution in [0.1, 0.15) is 33.6 Å². The first kappa shape index (κ1) is 21.5. The zero-order chi connectivity index (χ0) is 19.9. The van der Waals surface area contributed by atoms with Crippen molar-refractivity contribution in [3.8, 4) is 0 Å². The molecule has 2 aliphatic heterocycles. The van der Waals surface area contributed by atoms with Gasteiger partial charge in [0.15, 0.2) is 5.96 Å².